The van der Waals surface area contributed by atoms with E-state index in [0.717, 1.165) is 25.9 Å². The van der Waals surface area contributed by atoms with Crippen molar-refractivity contribution in [1.82, 2.24) is 14.9 Å². The zero-order chi connectivity index (χ0) is 14.4. The lowest BCUT2D eigenvalue weighted by molar-refractivity contribution is 0.0641. The lowest BCUT2D eigenvalue weighted by Gasteiger charge is -2.33. The number of hydrogen-bond acceptors (Lipinski definition) is 4. The Bertz CT molecular complexity index is 443. The van der Waals surface area contributed by atoms with Crippen LogP contribution in [0, 0.1) is 0 Å². The van der Waals surface area contributed by atoms with Gasteiger partial charge in [0.15, 0.2) is 0 Å². The minimum absolute atomic E-state index is 0.00616. The van der Waals surface area contributed by atoms with Crippen LogP contribution in [0.15, 0.2) is 12.4 Å². The van der Waals surface area contributed by atoms with E-state index in [1.807, 2.05) is 18.7 Å². The van der Waals surface area contributed by atoms with E-state index >= 15 is 0 Å². The molecular formula is C15H24N4O. The molecule has 110 valence electrons. The molecule has 1 N–H and O–H groups in total. The number of amides is 1. The molecule has 0 bridgehead atoms. The molecule has 0 unspecified atom stereocenters. The Kier molecular flexibility index (Phi) is 5.32. The number of rotatable bonds is 5. The van der Waals surface area contributed by atoms with E-state index in [1.165, 1.54) is 19.3 Å². The molecule has 1 heterocycles. The summed E-state index contributed by atoms with van der Waals surface area (Å²) < 4.78 is 0. The summed E-state index contributed by atoms with van der Waals surface area (Å²) in [6.45, 7) is 5.54. The molecule has 0 radical (unpaired) electrons. The van der Waals surface area contributed by atoms with Gasteiger partial charge in [-0.1, -0.05) is 19.3 Å². The summed E-state index contributed by atoms with van der Waals surface area (Å²) in [6, 6.07) is 0.367. The van der Waals surface area contributed by atoms with Crippen molar-refractivity contribution in [2.24, 2.45) is 0 Å². The van der Waals surface area contributed by atoms with Gasteiger partial charge < -0.3 is 10.2 Å². The molecule has 1 aromatic rings. The summed E-state index contributed by atoms with van der Waals surface area (Å²) in [7, 11) is 0. The fraction of sp³-hybridized carbons (Fsp3) is 0.667. The first kappa shape index (κ1) is 14.8. The fourth-order valence-electron chi connectivity index (χ4n) is 2.84. The molecular weight excluding hydrogens is 252 g/mol. The van der Waals surface area contributed by atoms with Crippen molar-refractivity contribution in [3.8, 4) is 0 Å². The molecule has 0 spiro atoms. The van der Waals surface area contributed by atoms with Crippen LogP contribution in [-0.4, -0.2) is 39.9 Å². The van der Waals surface area contributed by atoms with Crippen molar-refractivity contribution >= 4 is 11.7 Å². The summed E-state index contributed by atoms with van der Waals surface area (Å²) in [6.07, 6.45) is 9.17. The first-order chi connectivity index (χ1) is 9.76. The maximum Gasteiger partial charge on any atom is 0.274 e. The Balaban J connectivity index is 2.12. The van der Waals surface area contributed by atoms with Crippen LogP contribution in [0.3, 0.4) is 0 Å². The average Bonchev–Trinajstić information content (AvgIpc) is 2.50. The molecule has 1 saturated carbocycles. The number of anilines is 1. The van der Waals surface area contributed by atoms with Crippen LogP contribution in [0.25, 0.3) is 0 Å². The summed E-state index contributed by atoms with van der Waals surface area (Å²) in [4.78, 5) is 23.1. The monoisotopic (exact) mass is 276 g/mol. The Labute approximate surface area is 120 Å². The Hall–Kier alpha value is -1.65. The van der Waals surface area contributed by atoms with E-state index in [9.17, 15) is 4.79 Å². The largest absolute Gasteiger partial charge is 0.369 e. The van der Waals surface area contributed by atoms with E-state index in [4.69, 9.17) is 0 Å². The summed E-state index contributed by atoms with van der Waals surface area (Å²) >= 11 is 0. The molecule has 5 nitrogen and oxygen atoms in total. The first-order valence-electron chi connectivity index (χ1n) is 7.63. The van der Waals surface area contributed by atoms with Crippen molar-refractivity contribution in [2.75, 3.05) is 18.4 Å². The molecule has 1 aliphatic rings. The van der Waals surface area contributed by atoms with Gasteiger partial charge >= 0.3 is 0 Å². The van der Waals surface area contributed by atoms with Crippen molar-refractivity contribution in [2.45, 2.75) is 52.0 Å². The molecule has 5 heteroatoms. The number of carbonyl (C=O) groups excluding carboxylic acids is 1. The van der Waals surface area contributed by atoms with E-state index < -0.39 is 0 Å². The van der Waals surface area contributed by atoms with Crippen LogP contribution >= 0.6 is 0 Å². The highest BCUT2D eigenvalue weighted by molar-refractivity contribution is 5.92. The lowest BCUT2D eigenvalue weighted by atomic mass is 9.94. The molecule has 0 aliphatic heterocycles. The van der Waals surface area contributed by atoms with Crippen LogP contribution in [0.4, 0.5) is 5.82 Å². The van der Waals surface area contributed by atoms with E-state index in [2.05, 4.69) is 15.3 Å². The third-order valence-corrected chi connectivity index (χ3v) is 3.83. The highest BCUT2D eigenvalue weighted by Crippen LogP contribution is 2.23. The molecule has 20 heavy (non-hydrogen) atoms. The van der Waals surface area contributed by atoms with Crippen molar-refractivity contribution < 1.29 is 4.79 Å². The SMILES string of the molecule is CCNc1cncc(C(=O)N(CC)C2CCCCC2)n1. The van der Waals surface area contributed by atoms with Crippen LogP contribution < -0.4 is 5.32 Å². The molecule has 0 atom stereocenters. The smallest absolute Gasteiger partial charge is 0.274 e. The second-order valence-electron chi connectivity index (χ2n) is 5.20. The fourth-order valence-corrected chi connectivity index (χ4v) is 2.84. The standard InChI is InChI=1S/C15H24N4O/c1-3-17-14-11-16-10-13(18-14)15(20)19(4-2)12-8-6-5-7-9-12/h10-12H,3-9H2,1-2H3,(H,17,18). The number of hydrogen-bond donors (Lipinski definition) is 1. The van der Waals surface area contributed by atoms with E-state index in [-0.39, 0.29) is 5.91 Å². The van der Waals surface area contributed by atoms with Crippen LogP contribution in [0.1, 0.15) is 56.4 Å². The Morgan fingerprint density at radius 3 is 2.70 bits per heavy atom. The number of nitrogens with zero attached hydrogens (tertiary/aromatic N) is 3. The van der Waals surface area contributed by atoms with Crippen molar-refractivity contribution in [3.63, 3.8) is 0 Å². The number of carbonyl (C=O) groups is 1. The molecule has 2 rings (SSSR count). The minimum Gasteiger partial charge on any atom is -0.369 e. The number of aromatic nitrogens is 2. The predicted octanol–water partition coefficient (Wildman–Crippen LogP) is 2.70. The van der Waals surface area contributed by atoms with E-state index in [1.54, 1.807) is 12.4 Å². The predicted molar refractivity (Wildman–Crippen MR) is 79.8 cm³/mol. The lowest BCUT2D eigenvalue weighted by Crippen LogP contribution is -2.41. The quantitative estimate of drug-likeness (QED) is 0.898. The van der Waals surface area contributed by atoms with Gasteiger partial charge in [-0.05, 0) is 26.7 Å². The van der Waals surface area contributed by atoms with Gasteiger partial charge in [-0.15, -0.1) is 0 Å². The highest BCUT2D eigenvalue weighted by atomic mass is 16.2. The minimum atomic E-state index is 0.00616. The zero-order valence-electron chi connectivity index (χ0n) is 12.4. The normalized spacial score (nSPS) is 15.9. The van der Waals surface area contributed by atoms with Crippen LogP contribution in [0.5, 0.6) is 0 Å². The van der Waals surface area contributed by atoms with Gasteiger partial charge in [0.25, 0.3) is 5.91 Å². The molecule has 1 fully saturated rings. The second kappa shape index (κ2) is 7.22. The molecule has 0 aromatic carbocycles. The van der Waals surface area contributed by atoms with Crippen LogP contribution in [-0.2, 0) is 0 Å². The molecule has 1 aliphatic carbocycles. The highest BCUT2D eigenvalue weighted by Gasteiger charge is 2.25. The van der Waals surface area contributed by atoms with Crippen molar-refractivity contribution in [1.29, 1.82) is 0 Å². The summed E-state index contributed by atoms with van der Waals surface area (Å²) in [5.74, 6) is 0.671. The number of nitrogens with one attached hydrogen (secondary N) is 1. The first-order valence-corrected chi connectivity index (χ1v) is 7.63. The van der Waals surface area contributed by atoms with Gasteiger partial charge in [-0.3, -0.25) is 9.78 Å². The van der Waals surface area contributed by atoms with Gasteiger partial charge in [0, 0.05) is 19.1 Å². The van der Waals surface area contributed by atoms with Gasteiger partial charge in [0.1, 0.15) is 11.5 Å². The van der Waals surface area contributed by atoms with Gasteiger partial charge in [0.2, 0.25) is 0 Å². The van der Waals surface area contributed by atoms with Crippen LogP contribution in [0.2, 0.25) is 0 Å². The van der Waals surface area contributed by atoms with Gasteiger partial charge in [0.05, 0.1) is 12.4 Å². The second-order valence-corrected chi connectivity index (χ2v) is 5.20. The third kappa shape index (κ3) is 3.46. The zero-order valence-corrected chi connectivity index (χ0v) is 12.4. The van der Waals surface area contributed by atoms with Gasteiger partial charge in [-0.25, -0.2) is 4.98 Å². The molecule has 0 saturated heterocycles. The maximum atomic E-state index is 12.6. The molecule has 1 amide bonds. The van der Waals surface area contributed by atoms with Gasteiger partial charge in [-0.2, -0.15) is 0 Å². The topological polar surface area (TPSA) is 58.1 Å². The molecule has 1 aromatic heterocycles. The Morgan fingerprint density at radius 1 is 1.30 bits per heavy atom. The third-order valence-electron chi connectivity index (χ3n) is 3.83. The van der Waals surface area contributed by atoms with Crippen molar-refractivity contribution in [3.05, 3.63) is 18.1 Å². The van der Waals surface area contributed by atoms with E-state index in [0.29, 0.717) is 17.6 Å². The Morgan fingerprint density at radius 2 is 2.05 bits per heavy atom. The average molecular weight is 276 g/mol. The summed E-state index contributed by atoms with van der Waals surface area (Å²) in [5, 5.41) is 3.09. The summed E-state index contributed by atoms with van der Waals surface area (Å²) in [5.41, 5.74) is 0.441. The maximum absolute atomic E-state index is 12.6.